The molecule has 1 aromatic heterocycles. The Morgan fingerprint density at radius 3 is 2.76 bits per heavy atom. The second-order valence-electron chi connectivity index (χ2n) is 5.12. The molecule has 1 saturated carbocycles. The van der Waals surface area contributed by atoms with Crippen LogP contribution in [-0.2, 0) is 0 Å². The lowest BCUT2D eigenvalue weighted by Gasteiger charge is -2.29. The molecule has 2 nitrogen and oxygen atoms in total. The average molecular weight is 297 g/mol. The Balaban J connectivity index is 2.01. The Bertz CT molecular complexity index is 372. The highest BCUT2D eigenvalue weighted by atomic mass is 79.9. The van der Waals surface area contributed by atoms with Crippen molar-refractivity contribution in [3.8, 4) is 0 Å². The number of rotatable bonds is 3. The summed E-state index contributed by atoms with van der Waals surface area (Å²) in [7, 11) is 0. The van der Waals surface area contributed by atoms with Gasteiger partial charge in [-0.1, -0.05) is 19.3 Å². The first kappa shape index (κ1) is 12.9. The normalized spacial score (nSPS) is 19.0. The fourth-order valence-corrected chi connectivity index (χ4v) is 2.96. The number of nitrogens with one attached hydrogen (secondary N) is 1. The lowest BCUT2D eigenvalue weighted by atomic mass is 9.84. The zero-order valence-corrected chi connectivity index (χ0v) is 12.3. The summed E-state index contributed by atoms with van der Waals surface area (Å²) < 4.78 is 1.10. The van der Waals surface area contributed by atoms with Gasteiger partial charge in [-0.05, 0) is 60.2 Å². The highest BCUT2D eigenvalue weighted by molar-refractivity contribution is 9.10. The van der Waals surface area contributed by atoms with E-state index in [1.165, 1.54) is 37.7 Å². The molecule has 1 aromatic rings. The van der Waals surface area contributed by atoms with Crippen molar-refractivity contribution in [2.75, 3.05) is 5.32 Å². The molecular weight excluding hydrogens is 276 g/mol. The maximum Gasteiger partial charge on any atom is 0.140 e. The standard InChI is InChI=1S/C14H21BrN2/c1-10-8-9-16-14(13(10)15)17-11(2)12-6-4-3-5-7-12/h8-9,11-12H,3-7H2,1-2H3,(H,16,17). The van der Waals surface area contributed by atoms with Gasteiger partial charge in [-0.3, -0.25) is 0 Å². The SMILES string of the molecule is Cc1ccnc(NC(C)C2CCCCC2)c1Br. The molecule has 0 saturated heterocycles. The van der Waals surface area contributed by atoms with Gasteiger partial charge < -0.3 is 5.32 Å². The molecule has 1 atom stereocenters. The van der Waals surface area contributed by atoms with Crippen molar-refractivity contribution in [2.24, 2.45) is 5.92 Å². The summed E-state index contributed by atoms with van der Waals surface area (Å²) in [4.78, 5) is 4.42. The van der Waals surface area contributed by atoms with E-state index >= 15 is 0 Å². The number of halogens is 1. The topological polar surface area (TPSA) is 24.9 Å². The zero-order chi connectivity index (χ0) is 12.3. The van der Waals surface area contributed by atoms with Crippen molar-refractivity contribution in [3.63, 3.8) is 0 Å². The molecule has 1 heterocycles. The largest absolute Gasteiger partial charge is 0.366 e. The number of nitrogens with zero attached hydrogens (tertiary/aromatic N) is 1. The quantitative estimate of drug-likeness (QED) is 0.886. The highest BCUT2D eigenvalue weighted by Crippen LogP contribution is 2.30. The summed E-state index contributed by atoms with van der Waals surface area (Å²) in [6.45, 7) is 4.38. The minimum absolute atomic E-state index is 0.515. The van der Waals surface area contributed by atoms with Gasteiger partial charge in [-0.2, -0.15) is 0 Å². The molecule has 1 aliphatic rings. The van der Waals surface area contributed by atoms with E-state index < -0.39 is 0 Å². The van der Waals surface area contributed by atoms with Gasteiger partial charge in [0.15, 0.2) is 0 Å². The Hall–Kier alpha value is -0.570. The molecule has 1 unspecified atom stereocenters. The van der Waals surface area contributed by atoms with Gasteiger partial charge in [0.2, 0.25) is 0 Å². The molecule has 0 aromatic carbocycles. The Morgan fingerprint density at radius 1 is 1.35 bits per heavy atom. The molecule has 17 heavy (non-hydrogen) atoms. The first-order valence-corrected chi connectivity index (χ1v) is 7.35. The van der Waals surface area contributed by atoms with E-state index in [0.717, 1.165) is 16.2 Å². The first-order chi connectivity index (χ1) is 8.18. The van der Waals surface area contributed by atoms with Gasteiger partial charge in [0.05, 0.1) is 4.47 Å². The molecule has 0 aliphatic heterocycles. The lowest BCUT2D eigenvalue weighted by molar-refractivity contribution is 0.328. The third-order valence-corrected chi connectivity index (χ3v) is 4.80. The van der Waals surface area contributed by atoms with Crippen LogP contribution >= 0.6 is 15.9 Å². The number of pyridine rings is 1. The van der Waals surface area contributed by atoms with Gasteiger partial charge >= 0.3 is 0 Å². The fourth-order valence-electron chi connectivity index (χ4n) is 2.61. The molecule has 0 amide bonds. The second kappa shape index (κ2) is 5.85. The predicted molar refractivity (Wildman–Crippen MR) is 76.3 cm³/mol. The van der Waals surface area contributed by atoms with Gasteiger partial charge in [0.1, 0.15) is 5.82 Å². The van der Waals surface area contributed by atoms with Gasteiger partial charge in [-0.25, -0.2) is 4.98 Å². The van der Waals surface area contributed by atoms with E-state index in [4.69, 9.17) is 0 Å². The van der Waals surface area contributed by atoms with Crippen LogP contribution in [0.15, 0.2) is 16.7 Å². The molecule has 0 radical (unpaired) electrons. The molecule has 3 heteroatoms. The van der Waals surface area contributed by atoms with Crippen LogP contribution in [0.25, 0.3) is 0 Å². The summed E-state index contributed by atoms with van der Waals surface area (Å²) in [6, 6.07) is 2.54. The Kier molecular flexibility index (Phi) is 4.43. The molecule has 94 valence electrons. The van der Waals surface area contributed by atoms with E-state index in [-0.39, 0.29) is 0 Å². The number of hydrogen-bond acceptors (Lipinski definition) is 2. The Labute approximate surface area is 112 Å². The van der Waals surface area contributed by atoms with Crippen LogP contribution < -0.4 is 5.32 Å². The van der Waals surface area contributed by atoms with E-state index in [2.05, 4.69) is 40.1 Å². The van der Waals surface area contributed by atoms with Gasteiger partial charge in [0, 0.05) is 12.2 Å². The third kappa shape index (κ3) is 3.21. The van der Waals surface area contributed by atoms with Gasteiger partial charge in [0.25, 0.3) is 0 Å². The smallest absolute Gasteiger partial charge is 0.140 e. The summed E-state index contributed by atoms with van der Waals surface area (Å²) >= 11 is 3.61. The van der Waals surface area contributed by atoms with Crippen molar-refractivity contribution >= 4 is 21.7 Å². The van der Waals surface area contributed by atoms with Gasteiger partial charge in [-0.15, -0.1) is 0 Å². The number of hydrogen-bond donors (Lipinski definition) is 1. The lowest BCUT2D eigenvalue weighted by Crippen LogP contribution is -2.28. The van der Waals surface area contributed by atoms with E-state index in [9.17, 15) is 0 Å². The summed E-state index contributed by atoms with van der Waals surface area (Å²) in [5, 5.41) is 3.56. The third-order valence-electron chi connectivity index (χ3n) is 3.80. The molecule has 0 spiro atoms. The van der Waals surface area contributed by atoms with Crippen molar-refractivity contribution < 1.29 is 0 Å². The number of aromatic nitrogens is 1. The number of aryl methyl sites for hydroxylation is 1. The summed E-state index contributed by atoms with van der Waals surface area (Å²) in [5.41, 5.74) is 1.23. The predicted octanol–water partition coefficient (Wildman–Crippen LogP) is 4.53. The minimum atomic E-state index is 0.515. The molecule has 1 fully saturated rings. The maximum absolute atomic E-state index is 4.42. The minimum Gasteiger partial charge on any atom is -0.366 e. The van der Waals surface area contributed by atoms with Crippen LogP contribution in [0.1, 0.15) is 44.6 Å². The monoisotopic (exact) mass is 296 g/mol. The number of anilines is 1. The molecule has 1 aliphatic carbocycles. The second-order valence-corrected chi connectivity index (χ2v) is 5.91. The van der Waals surface area contributed by atoms with Crippen LogP contribution in [0.5, 0.6) is 0 Å². The van der Waals surface area contributed by atoms with E-state index in [1.807, 2.05) is 12.3 Å². The zero-order valence-electron chi connectivity index (χ0n) is 10.7. The average Bonchev–Trinajstić information content (AvgIpc) is 2.36. The van der Waals surface area contributed by atoms with Crippen LogP contribution in [0.4, 0.5) is 5.82 Å². The fraction of sp³-hybridized carbons (Fsp3) is 0.643. The molecule has 0 bridgehead atoms. The van der Waals surface area contributed by atoms with Crippen molar-refractivity contribution in [3.05, 3.63) is 22.3 Å². The summed E-state index contributed by atoms with van der Waals surface area (Å²) in [5.74, 6) is 1.79. The highest BCUT2D eigenvalue weighted by Gasteiger charge is 2.20. The van der Waals surface area contributed by atoms with Crippen molar-refractivity contribution in [1.29, 1.82) is 0 Å². The van der Waals surface area contributed by atoms with Crippen LogP contribution in [-0.4, -0.2) is 11.0 Å². The van der Waals surface area contributed by atoms with Crippen LogP contribution in [0.3, 0.4) is 0 Å². The first-order valence-electron chi connectivity index (χ1n) is 6.56. The Morgan fingerprint density at radius 2 is 2.06 bits per heavy atom. The van der Waals surface area contributed by atoms with Crippen LogP contribution in [0.2, 0.25) is 0 Å². The van der Waals surface area contributed by atoms with Crippen molar-refractivity contribution in [1.82, 2.24) is 4.98 Å². The van der Waals surface area contributed by atoms with E-state index in [0.29, 0.717) is 6.04 Å². The van der Waals surface area contributed by atoms with Crippen LogP contribution in [0, 0.1) is 12.8 Å². The van der Waals surface area contributed by atoms with E-state index in [1.54, 1.807) is 0 Å². The molecular formula is C14H21BrN2. The molecule has 1 N–H and O–H groups in total. The van der Waals surface area contributed by atoms with Crippen molar-refractivity contribution in [2.45, 2.75) is 52.0 Å². The summed E-state index contributed by atoms with van der Waals surface area (Å²) in [6.07, 6.45) is 8.78. The maximum atomic E-state index is 4.42. The molecule has 2 rings (SSSR count).